The summed E-state index contributed by atoms with van der Waals surface area (Å²) >= 11 is 1.62. The summed E-state index contributed by atoms with van der Waals surface area (Å²) in [5.74, 6) is 1.68. The Morgan fingerprint density at radius 1 is 1.17 bits per heavy atom. The van der Waals surface area contributed by atoms with Crippen molar-refractivity contribution in [3.63, 3.8) is 0 Å². The van der Waals surface area contributed by atoms with Crippen LogP contribution in [0.5, 0.6) is 0 Å². The summed E-state index contributed by atoms with van der Waals surface area (Å²) in [4.78, 5) is 13.3. The molecule has 0 saturated carbocycles. The lowest BCUT2D eigenvalue weighted by molar-refractivity contribution is -0.118. The molecule has 1 saturated heterocycles. The number of nitrogens with one attached hydrogen (secondary N) is 1. The van der Waals surface area contributed by atoms with Gasteiger partial charge in [0, 0.05) is 32.3 Å². The van der Waals surface area contributed by atoms with E-state index in [1.54, 1.807) is 11.8 Å². The Kier molecular flexibility index (Phi) is 5.74. The number of amides is 1. The first-order chi connectivity index (χ1) is 11.8. The van der Waals surface area contributed by atoms with Gasteiger partial charge >= 0.3 is 0 Å². The first-order valence-corrected chi connectivity index (χ1v) is 9.37. The van der Waals surface area contributed by atoms with Gasteiger partial charge in [0.2, 0.25) is 11.9 Å². The minimum atomic E-state index is -0.00543. The minimum absolute atomic E-state index is 0.00543. The van der Waals surface area contributed by atoms with Crippen LogP contribution in [0, 0.1) is 0 Å². The minimum Gasteiger partial charge on any atom is -0.356 e. The van der Waals surface area contributed by atoms with Crippen LogP contribution in [-0.4, -0.2) is 46.1 Å². The van der Waals surface area contributed by atoms with E-state index < -0.39 is 0 Å². The predicted octanol–water partition coefficient (Wildman–Crippen LogP) is 2.49. The van der Waals surface area contributed by atoms with Crippen LogP contribution < -0.4 is 10.2 Å². The number of thioether (sulfide) groups is 1. The lowest BCUT2D eigenvalue weighted by Crippen LogP contribution is -2.31. The molecule has 0 spiro atoms. The zero-order valence-corrected chi connectivity index (χ0v) is 14.8. The van der Waals surface area contributed by atoms with Gasteiger partial charge in [-0.15, -0.1) is 10.2 Å². The topological polar surface area (TPSA) is 63.1 Å². The van der Waals surface area contributed by atoms with E-state index in [0.29, 0.717) is 6.54 Å². The van der Waals surface area contributed by atoms with Crippen LogP contribution in [0.25, 0.3) is 5.69 Å². The average Bonchev–Trinajstić information content (AvgIpc) is 3.04. The summed E-state index contributed by atoms with van der Waals surface area (Å²) in [5.41, 5.74) is 1.07. The van der Waals surface area contributed by atoms with E-state index in [1.165, 1.54) is 26.2 Å². The molecule has 0 aliphatic carbocycles. The van der Waals surface area contributed by atoms with Gasteiger partial charge in [-0.05, 0) is 31.4 Å². The maximum absolute atomic E-state index is 11.0. The van der Waals surface area contributed by atoms with Crippen LogP contribution in [0.15, 0.2) is 35.5 Å². The largest absolute Gasteiger partial charge is 0.356 e. The molecule has 2 aromatic rings. The lowest BCUT2D eigenvalue weighted by Gasteiger charge is -2.27. The van der Waals surface area contributed by atoms with Crippen LogP contribution in [0.3, 0.4) is 0 Å². The number of hydrogen-bond donors (Lipinski definition) is 1. The maximum atomic E-state index is 11.0. The van der Waals surface area contributed by atoms with Crippen molar-refractivity contribution in [3.8, 4) is 5.69 Å². The number of para-hydroxylation sites is 1. The molecule has 7 heteroatoms. The Morgan fingerprint density at radius 2 is 1.92 bits per heavy atom. The Hall–Kier alpha value is -2.02. The van der Waals surface area contributed by atoms with E-state index in [4.69, 9.17) is 0 Å². The number of carbonyl (C=O) groups is 1. The summed E-state index contributed by atoms with van der Waals surface area (Å²) < 4.78 is 2.13. The highest BCUT2D eigenvalue weighted by molar-refractivity contribution is 7.99. The normalized spacial score (nSPS) is 14.6. The molecule has 0 atom stereocenters. The summed E-state index contributed by atoms with van der Waals surface area (Å²) in [6.07, 6.45) is 3.69. The molecule has 1 aliphatic heterocycles. The quantitative estimate of drug-likeness (QED) is 0.644. The summed E-state index contributed by atoms with van der Waals surface area (Å²) in [6.45, 7) is 4.22. The van der Waals surface area contributed by atoms with Gasteiger partial charge in [-0.1, -0.05) is 30.0 Å². The third-order valence-electron chi connectivity index (χ3n) is 3.98. The molecule has 1 N–H and O–H groups in total. The predicted molar refractivity (Wildman–Crippen MR) is 96.8 cm³/mol. The van der Waals surface area contributed by atoms with E-state index in [0.717, 1.165) is 35.6 Å². The van der Waals surface area contributed by atoms with Crippen molar-refractivity contribution in [1.29, 1.82) is 0 Å². The number of benzene rings is 1. The summed E-state index contributed by atoms with van der Waals surface area (Å²) in [6, 6.07) is 10.2. The van der Waals surface area contributed by atoms with Gasteiger partial charge in [0.25, 0.3) is 0 Å². The second kappa shape index (κ2) is 8.19. The summed E-state index contributed by atoms with van der Waals surface area (Å²) in [7, 11) is 0. The van der Waals surface area contributed by atoms with Gasteiger partial charge < -0.3 is 10.2 Å². The number of aromatic nitrogens is 3. The van der Waals surface area contributed by atoms with Crippen LogP contribution in [0.4, 0.5) is 5.95 Å². The van der Waals surface area contributed by atoms with Crippen molar-refractivity contribution in [2.45, 2.75) is 31.3 Å². The molecular weight excluding hydrogens is 322 g/mol. The average molecular weight is 345 g/mol. The second-order valence-corrected chi connectivity index (χ2v) is 6.89. The fourth-order valence-electron chi connectivity index (χ4n) is 2.83. The third-order valence-corrected chi connectivity index (χ3v) is 4.91. The molecular formula is C17H23N5OS. The van der Waals surface area contributed by atoms with Crippen molar-refractivity contribution in [3.05, 3.63) is 30.3 Å². The fourth-order valence-corrected chi connectivity index (χ4v) is 3.63. The molecule has 1 amide bonds. The molecule has 24 heavy (non-hydrogen) atoms. The van der Waals surface area contributed by atoms with Crippen LogP contribution in [0.1, 0.15) is 26.2 Å². The number of hydrogen-bond acceptors (Lipinski definition) is 5. The number of rotatable bonds is 6. The maximum Gasteiger partial charge on any atom is 0.232 e. The smallest absolute Gasteiger partial charge is 0.232 e. The number of anilines is 1. The standard InChI is InChI=1S/C17H23N5OS/c1-14(23)18-10-13-24-17-20-19-16(21-11-6-3-7-12-21)22(17)15-8-4-2-5-9-15/h2,4-5,8-9H,3,6-7,10-13H2,1H3,(H,18,23). The Labute approximate surface area is 146 Å². The van der Waals surface area contributed by atoms with E-state index in [2.05, 4.69) is 37.1 Å². The highest BCUT2D eigenvalue weighted by atomic mass is 32.2. The highest BCUT2D eigenvalue weighted by Gasteiger charge is 2.21. The van der Waals surface area contributed by atoms with Crippen LogP contribution in [0.2, 0.25) is 0 Å². The van der Waals surface area contributed by atoms with Gasteiger partial charge in [0.05, 0.1) is 5.69 Å². The fraction of sp³-hybridized carbons (Fsp3) is 0.471. The Morgan fingerprint density at radius 3 is 2.62 bits per heavy atom. The van der Waals surface area contributed by atoms with E-state index in [1.807, 2.05) is 18.2 Å². The zero-order chi connectivity index (χ0) is 16.8. The molecule has 1 aromatic carbocycles. The first kappa shape index (κ1) is 16.8. The van der Waals surface area contributed by atoms with Crippen molar-refractivity contribution in [2.75, 3.05) is 30.3 Å². The highest BCUT2D eigenvalue weighted by Crippen LogP contribution is 2.27. The van der Waals surface area contributed by atoms with E-state index >= 15 is 0 Å². The van der Waals surface area contributed by atoms with Crippen molar-refractivity contribution >= 4 is 23.6 Å². The number of carbonyl (C=O) groups excluding carboxylic acids is 1. The van der Waals surface area contributed by atoms with Gasteiger partial charge in [0.1, 0.15) is 0 Å². The molecule has 0 bridgehead atoms. The first-order valence-electron chi connectivity index (χ1n) is 8.39. The third kappa shape index (κ3) is 4.08. The molecule has 0 radical (unpaired) electrons. The Balaban J connectivity index is 1.82. The monoisotopic (exact) mass is 345 g/mol. The lowest BCUT2D eigenvalue weighted by atomic mass is 10.1. The molecule has 1 aromatic heterocycles. The van der Waals surface area contributed by atoms with Gasteiger partial charge in [0.15, 0.2) is 5.16 Å². The van der Waals surface area contributed by atoms with Crippen LogP contribution in [-0.2, 0) is 4.79 Å². The number of nitrogens with zero attached hydrogens (tertiary/aromatic N) is 4. The Bertz CT molecular complexity index is 667. The van der Waals surface area contributed by atoms with Gasteiger partial charge in [-0.3, -0.25) is 9.36 Å². The molecule has 1 fully saturated rings. The molecule has 6 nitrogen and oxygen atoms in total. The van der Waals surface area contributed by atoms with Gasteiger partial charge in [-0.25, -0.2) is 0 Å². The number of piperidine rings is 1. The summed E-state index contributed by atoms with van der Waals surface area (Å²) in [5, 5.41) is 12.6. The van der Waals surface area contributed by atoms with Gasteiger partial charge in [-0.2, -0.15) is 0 Å². The zero-order valence-electron chi connectivity index (χ0n) is 13.9. The van der Waals surface area contributed by atoms with Crippen molar-refractivity contribution in [1.82, 2.24) is 20.1 Å². The van der Waals surface area contributed by atoms with E-state index in [-0.39, 0.29) is 5.91 Å². The molecule has 0 unspecified atom stereocenters. The van der Waals surface area contributed by atoms with E-state index in [9.17, 15) is 4.79 Å². The molecule has 128 valence electrons. The molecule has 2 heterocycles. The van der Waals surface area contributed by atoms with Crippen molar-refractivity contribution < 1.29 is 4.79 Å². The SMILES string of the molecule is CC(=O)NCCSc1nnc(N2CCCCC2)n1-c1ccccc1. The van der Waals surface area contributed by atoms with Crippen molar-refractivity contribution in [2.24, 2.45) is 0 Å². The van der Waals surface area contributed by atoms with Crippen LogP contribution >= 0.6 is 11.8 Å². The molecule has 1 aliphatic rings. The molecule has 3 rings (SSSR count). The second-order valence-electron chi connectivity index (χ2n) is 5.83.